The predicted molar refractivity (Wildman–Crippen MR) is 167 cm³/mol. The molecule has 0 aliphatic heterocycles. The van der Waals surface area contributed by atoms with E-state index >= 15 is 0 Å². The smallest absolute Gasteiger partial charge is 0.265 e. The third-order valence-corrected chi connectivity index (χ3v) is 8.81. The van der Waals surface area contributed by atoms with Gasteiger partial charge in [-0.2, -0.15) is 0 Å². The number of benzene rings is 3. The number of hydrogen-bond acceptors (Lipinski definition) is 7. The van der Waals surface area contributed by atoms with E-state index in [2.05, 4.69) is 5.32 Å². The van der Waals surface area contributed by atoms with Crippen LogP contribution >= 0.6 is 11.6 Å². The molecule has 0 unspecified atom stereocenters. The Bertz CT molecular complexity index is 1530. The monoisotopic (exact) mass is 631 g/mol. The summed E-state index contributed by atoms with van der Waals surface area (Å²) in [6.45, 7) is 5.36. The van der Waals surface area contributed by atoms with Gasteiger partial charge in [0.1, 0.15) is 18.3 Å². The molecule has 232 valence electrons. The third kappa shape index (κ3) is 8.11. The maximum absolute atomic E-state index is 14.3. The molecule has 10 nitrogen and oxygen atoms in total. The molecule has 0 saturated carbocycles. The van der Waals surface area contributed by atoms with Crippen LogP contribution in [0.5, 0.6) is 17.2 Å². The number of halogens is 1. The van der Waals surface area contributed by atoms with Crippen LogP contribution in [0.15, 0.2) is 65.6 Å². The molecule has 3 rings (SSSR count). The molecule has 0 spiro atoms. The predicted octanol–water partition coefficient (Wildman–Crippen LogP) is 4.81. The van der Waals surface area contributed by atoms with E-state index in [9.17, 15) is 18.0 Å². The van der Waals surface area contributed by atoms with E-state index in [4.69, 9.17) is 25.8 Å². The Hall–Kier alpha value is -3.96. The minimum absolute atomic E-state index is 0.0523. The van der Waals surface area contributed by atoms with E-state index < -0.39 is 28.5 Å². The highest BCUT2D eigenvalue weighted by atomic mass is 35.5. The van der Waals surface area contributed by atoms with Gasteiger partial charge in [-0.3, -0.25) is 13.9 Å². The Morgan fingerprint density at radius 2 is 1.53 bits per heavy atom. The fraction of sp³-hybridized carbons (Fsp3) is 0.355. The lowest BCUT2D eigenvalue weighted by molar-refractivity contribution is -0.139. The number of ether oxygens (including phenoxy) is 3. The molecule has 1 atom stereocenters. The minimum atomic E-state index is -4.42. The Morgan fingerprint density at radius 3 is 2.14 bits per heavy atom. The van der Waals surface area contributed by atoms with Gasteiger partial charge in [0, 0.05) is 24.2 Å². The first-order chi connectivity index (χ1) is 20.5. The van der Waals surface area contributed by atoms with Crippen LogP contribution in [0, 0.1) is 6.92 Å². The number of amides is 2. The molecule has 0 bridgehead atoms. The fourth-order valence-electron chi connectivity index (χ4n) is 4.34. The maximum atomic E-state index is 14.3. The quantitative estimate of drug-likeness (QED) is 0.271. The molecule has 43 heavy (non-hydrogen) atoms. The molecule has 0 saturated heterocycles. The van der Waals surface area contributed by atoms with Gasteiger partial charge in [0.2, 0.25) is 11.8 Å². The summed E-state index contributed by atoms with van der Waals surface area (Å²) >= 11 is 6.30. The number of anilines is 1. The van der Waals surface area contributed by atoms with Gasteiger partial charge in [0.15, 0.2) is 11.5 Å². The topological polar surface area (TPSA) is 114 Å². The summed E-state index contributed by atoms with van der Waals surface area (Å²) in [5.41, 5.74) is 1.87. The normalized spacial score (nSPS) is 11.8. The molecule has 0 heterocycles. The van der Waals surface area contributed by atoms with Crippen LogP contribution in [0.4, 0.5) is 5.69 Å². The van der Waals surface area contributed by atoms with E-state index in [1.165, 1.54) is 56.6 Å². The lowest BCUT2D eigenvalue weighted by atomic mass is 10.1. The SMILES string of the molecule is CCCNC(=O)[C@@H](C)N(Cc1ccc(C)cc1)C(=O)CN(c1cc(Cl)ccc1OC)S(=O)(=O)c1ccc(OC)c(OC)c1. The molecular weight excluding hydrogens is 594 g/mol. The number of methoxy groups -OCH3 is 3. The van der Waals surface area contributed by atoms with Crippen LogP contribution in [0.25, 0.3) is 0 Å². The van der Waals surface area contributed by atoms with Gasteiger partial charge in [0.05, 0.1) is 31.9 Å². The van der Waals surface area contributed by atoms with Crippen LogP contribution in [-0.4, -0.2) is 65.6 Å². The number of hydrogen-bond donors (Lipinski definition) is 1. The van der Waals surface area contributed by atoms with Gasteiger partial charge in [-0.05, 0) is 56.2 Å². The van der Waals surface area contributed by atoms with Crippen molar-refractivity contribution in [2.45, 2.75) is 44.7 Å². The van der Waals surface area contributed by atoms with Crippen molar-refractivity contribution in [2.75, 3.05) is 38.7 Å². The Balaban J connectivity index is 2.13. The van der Waals surface area contributed by atoms with E-state index in [1.807, 2.05) is 38.1 Å². The zero-order valence-electron chi connectivity index (χ0n) is 25.2. The summed E-state index contributed by atoms with van der Waals surface area (Å²) < 4.78 is 45.5. The van der Waals surface area contributed by atoms with E-state index in [-0.39, 0.29) is 39.6 Å². The van der Waals surface area contributed by atoms with Gasteiger partial charge in [-0.25, -0.2) is 8.42 Å². The second-order valence-electron chi connectivity index (χ2n) is 9.82. The van der Waals surface area contributed by atoms with Crippen molar-refractivity contribution < 1.29 is 32.2 Å². The largest absolute Gasteiger partial charge is 0.495 e. The van der Waals surface area contributed by atoms with Gasteiger partial charge < -0.3 is 24.4 Å². The molecule has 0 aliphatic rings. The van der Waals surface area contributed by atoms with Gasteiger partial charge in [-0.15, -0.1) is 0 Å². The minimum Gasteiger partial charge on any atom is -0.495 e. The van der Waals surface area contributed by atoms with Crippen LogP contribution in [0.3, 0.4) is 0 Å². The number of carbonyl (C=O) groups excluding carboxylic acids is 2. The highest BCUT2D eigenvalue weighted by Gasteiger charge is 2.34. The number of nitrogens with one attached hydrogen (secondary N) is 1. The van der Waals surface area contributed by atoms with Crippen LogP contribution < -0.4 is 23.8 Å². The molecule has 0 fully saturated rings. The number of nitrogens with zero attached hydrogens (tertiary/aromatic N) is 2. The van der Waals surface area contributed by atoms with E-state index in [0.29, 0.717) is 12.3 Å². The van der Waals surface area contributed by atoms with Crippen LogP contribution in [0.2, 0.25) is 5.02 Å². The van der Waals surface area contributed by atoms with Crippen molar-refractivity contribution in [2.24, 2.45) is 0 Å². The van der Waals surface area contributed by atoms with Crippen molar-refractivity contribution in [1.82, 2.24) is 10.2 Å². The lowest BCUT2D eigenvalue weighted by Crippen LogP contribution is -2.51. The van der Waals surface area contributed by atoms with Gasteiger partial charge >= 0.3 is 0 Å². The Morgan fingerprint density at radius 1 is 0.907 bits per heavy atom. The summed E-state index contributed by atoms with van der Waals surface area (Å²) in [7, 11) is -0.198. The highest BCUT2D eigenvalue weighted by Crippen LogP contribution is 2.37. The maximum Gasteiger partial charge on any atom is 0.265 e. The lowest BCUT2D eigenvalue weighted by Gasteiger charge is -2.32. The molecule has 0 aliphatic carbocycles. The first-order valence-corrected chi connectivity index (χ1v) is 15.5. The number of carbonyl (C=O) groups is 2. The summed E-state index contributed by atoms with van der Waals surface area (Å²) in [5.74, 6) is -0.251. The molecule has 0 aromatic heterocycles. The second-order valence-corrected chi connectivity index (χ2v) is 12.1. The van der Waals surface area contributed by atoms with Crippen LogP contribution in [0.1, 0.15) is 31.4 Å². The van der Waals surface area contributed by atoms with Gasteiger partial charge in [0.25, 0.3) is 10.0 Å². The average molecular weight is 632 g/mol. The van der Waals surface area contributed by atoms with Crippen LogP contribution in [-0.2, 0) is 26.2 Å². The summed E-state index contributed by atoms with van der Waals surface area (Å²) in [5, 5.41) is 3.06. The molecule has 0 radical (unpaired) electrons. The van der Waals surface area contributed by atoms with Crippen molar-refractivity contribution in [3.63, 3.8) is 0 Å². The number of rotatable bonds is 14. The summed E-state index contributed by atoms with van der Waals surface area (Å²) in [6, 6.07) is 15.3. The number of aryl methyl sites for hydroxylation is 1. The van der Waals surface area contributed by atoms with Crippen molar-refractivity contribution in [3.05, 3.63) is 76.8 Å². The molecule has 12 heteroatoms. The molecular formula is C31H38ClN3O7S. The zero-order chi connectivity index (χ0) is 31.7. The summed E-state index contributed by atoms with van der Waals surface area (Å²) in [6.07, 6.45) is 0.719. The fourth-order valence-corrected chi connectivity index (χ4v) is 5.94. The van der Waals surface area contributed by atoms with Crippen molar-refractivity contribution >= 4 is 39.1 Å². The highest BCUT2D eigenvalue weighted by molar-refractivity contribution is 7.92. The standard InChI is InChI=1S/C31H38ClN3O7S/c1-7-16-33-31(37)22(3)34(19-23-10-8-21(2)9-11-23)30(36)20-35(26-17-24(32)12-14-27(26)40-4)43(38,39)25-13-15-28(41-5)29(18-25)42-6/h8-15,17-18,22H,7,16,19-20H2,1-6H3,(H,33,37)/t22-/m1/s1. The Kier molecular flexibility index (Phi) is 11.7. The average Bonchev–Trinajstić information content (AvgIpc) is 3.01. The molecule has 2 amide bonds. The van der Waals surface area contributed by atoms with Gasteiger partial charge in [-0.1, -0.05) is 48.4 Å². The Labute approximate surface area is 258 Å². The first kappa shape index (κ1) is 33.5. The summed E-state index contributed by atoms with van der Waals surface area (Å²) in [4.78, 5) is 28.4. The number of sulfonamides is 1. The van der Waals surface area contributed by atoms with E-state index in [0.717, 1.165) is 21.9 Å². The first-order valence-electron chi connectivity index (χ1n) is 13.7. The molecule has 1 N–H and O–H groups in total. The second kappa shape index (κ2) is 15.0. The van der Waals surface area contributed by atoms with Crippen molar-refractivity contribution in [3.8, 4) is 17.2 Å². The van der Waals surface area contributed by atoms with Crippen molar-refractivity contribution in [1.29, 1.82) is 0 Å². The van der Waals surface area contributed by atoms with E-state index in [1.54, 1.807) is 13.0 Å². The molecule has 3 aromatic carbocycles. The molecule has 3 aromatic rings. The zero-order valence-corrected chi connectivity index (χ0v) is 26.8. The third-order valence-electron chi connectivity index (χ3n) is 6.82.